The quantitative estimate of drug-likeness (QED) is 0.813. The van der Waals surface area contributed by atoms with Crippen LogP contribution >= 0.6 is 0 Å². The number of aliphatic hydroxyl groups excluding tert-OH is 1. The number of hydrogen-bond acceptors (Lipinski definition) is 3. The summed E-state index contributed by atoms with van der Waals surface area (Å²) in [7, 11) is 0. The summed E-state index contributed by atoms with van der Waals surface area (Å²) in [5, 5.41) is 10.7. The van der Waals surface area contributed by atoms with E-state index in [1.54, 1.807) is 0 Å². The lowest BCUT2D eigenvalue weighted by Crippen LogP contribution is -2.35. The summed E-state index contributed by atoms with van der Waals surface area (Å²) in [5.41, 5.74) is 2.27. The molecule has 1 fully saturated rings. The van der Waals surface area contributed by atoms with Crippen molar-refractivity contribution in [2.45, 2.75) is 18.9 Å². The van der Waals surface area contributed by atoms with E-state index < -0.39 is 0 Å². The lowest BCUT2D eigenvalue weighted by atomic mass is 10.1. The third-order valence-electron chi connectivity index (χ3n) is 3.42. The molecule has 2 heterocycles. The molecule has 1 saturated heterocycles. The smallest absolute Gasteiger partial charge is 0.0703 e. The maximum absolute atomic E-state index is 9.51. The monoisotopic (exact) mass is 228 g/mol. The van der Waals surface area contributed by atoms with Crippen molar-refractivity contribution >= 4 is 16.6 Å². The largest absolute Gasteiger partial charge is 0.393 e. The number of aromatic nitrogens is 1. The second kappa shape index (κ2) is 4.34. The molecule has 0 bridgehead atoms. The van der Waals surface area contributed by atoms with E-state index >= 15 is 0 Å². The van der Waals surface area contributed by atoms with Crippen molar-refractivity contribution in [2.75, 3.05) is 18.0 Å². The predicted molar refractivity (Wildman–Crippen MR) is 69.2 cm³/mol. The molecular weight excluding hydrogens is 212 g/mol. The Morgan fingerprint density at radius 3 is 2.82 bits per heavy atom. The van der Waals surface area contributed by atoms with E-state index in [-0.39, 0.29) is 6.10 Å². The molecule has 1 aliphatic heterocycles. The Kier molecular flexibility index (Phi) is 2.69. The Labute approximate surface area is 101 Å². The van der Waals surface area contributed by atoms with Crippen molar-refractivity contribution in [3.05, 3.63) is 36.5 Å². The first-order chi connectivity index (χ1) is 8.33. The van der Waals surface area contributed by atoms with Gasteiger partial charge in [0.2, 0.25) is 0 Å². The molecule has 1 N–H and O–H groups in total. The van der Waals surface area contributed by atoms with Gasteiger partial charge < -0.3 is 10.0 Å². The number of fused-ring (bicyclic) bond motifs is 1. The molecule has 0 radical (unpaired) electrons. The van der Waals surface area contributed by atoms with E-state index in [4.69, 9.17) is 0 Å². The summed E-state index contributed by atoms with van der Waals surface area (Å²) >= 11 is 0. The van der Waals surface area contributed by atoms with E-state index in [1.165, 1.54) is 11.1 Å². The topological polar surface area (TPSA) is 36.4 Å². The highest BCUT2D eigenvalue weighted by Crippen LogP contribution is 2.23. The number of aliphatic hydroxyl groups is 1. The van der Waals surface area contributed by atoms with Crippen LogP contribution in [-0.4, -0.2) is 29.3 Å². The van der Waals surface area contributed by atoms with Gasteiger partial charge in [0, 0.05) is 30.4 Å². The number of nitrogens with zero attached hydrogens (tertiary/aromatic N) is 2. The first-order valence-corrected chi connectivity index (χ1v) is 6.11. The molecule has 1 aliphatic rings. The number of hydrogen-bond donors (Lipinski definition) is 1. The normalized spacial score (nSPS) is 17.6. The lowest BCUT2D eigenvalue weighted by Gasteiger charge is -2.31. The third kappa shape index (κ3) is 2.11. The summed E-state index contributed by atoms with van der Waals surface area (Å²) in [4.78, 5) is 6.65. The van der Waals surface area contributed by atoms with Crippen LogP contribution in [0.4, 0.5) is 5.69 Å². The van der Waals surface area contributed by atoms with E-state index in [0.717, 1.165) is 31.4 Å². The maximum atomic E-state index is 9.51. The van der Waals surface area contributed by atoms with Crippen molar-refractivity contribution in [3.63, 3.8) is 0 Å². The van der Waals surface area contributed by atoms with E-state index in [9.17, 15) is 5.11 Å². The first-order valence-electron chi connectivity index (χ1n) is 6.11. The van der Waals surface area contributed by atoms with Crippen LogP contribution in [-0.2, 0) is 0 Å². The van der Waals surface area contributed by atoms with Crippen LogP contribution < -0.4 is 4.90 Å². The highest BCUT2D eigenvalue weighted by Gasteiger charge is 2.17. The summed E-state index contributed by atoms with van der Waals surface area (Å²) < 4.78 is 0. The Bertz CT molecular complexity index is 518. The molecule has 0 unspecified atom stereocenters. The Balaban J connectivity index is 1.90. The van der Waals surface area contributed by atoms with Gasteiger partial charge in [0.25, 0.3) is 0 Å². The SMILES string of the molecule is OC1CCN(c2ccc3ncccc3c2)CC1. The molecule has 0 saturated carbocycles. The van der Waals surface area contributed by atoms with Gasteiger partial charge in [-0.15, -0.1) is 0 Å². The molecule has 3 heteroatoms. The molecule has 88 valence electrons. The van der Waals surface area contributed by atoms with Crippen LogP contribution in [0.15, 0.2) is 36.5 Å². The molecule has 0 atom stereocenters. The Morgan fingerprint density at radius 2 is 2.00 bits per heavy atom. The molecule has 3 rings (SSSR count). The average Bonchev–Trinajstić information content (AvgIpc) is 2.39. The maximum Gasteiger partial charge on any atom is 0.0703 e. The van der Waals surface area contributed by atoms with Crippen LogP contribution in [0, 0.1) is 0 Å². The van der Waals surface area contributed by atoms with Crippen molar-refractivity contribution in [1.82, 2.24) is 4.98 Å². The van der Waals surface area contributed by atoms with Crippen LogP contribution in [0.3, 0.4) is 0 Å². The molecule has 2 aromatic rings. The fourth-order valence-corrected chi connectivity index (χ4v) is 2.38. The van der Waals surface area contributed by atoms with Crippen LogP contribution in [0.1, 0.15) is 12.8 Å². The second-order valence-corrected chi connectivity index (χ2v) is 4.60. The molecule has 0 spiro atoms. The molecule has 17 heavy (non-hydrogen) atoms. The summed E-state index contributed by atoms with van der Waals surface area (Å²) in [6.45, 7) is 1.87. The van der Waals surface area contributed by atoms with Gasteiger partial charge in [-0.2, -0.15) is 0 Å². The van der Waals surface area contributed by atoms with Gasteiger partial charge in [0.1, 0.15) is 0 Å². The van der Waals surface area contributed by atoms with Crippen molar-refractivity contribution in [3.8, 4) is 0 Å². The van der Waals surface area contributed by atoms with E-state index in [1.807, 2.05) is 12.3 Å². The number of rotatable bonds is 1. The highest BCUT2D eigenvalue weighted by molar-refractivity contribution is 5.82. The van der Waals surface area contributed by atoms with Crippen molar-refractivity contribution in [2.24, 2.45) is 0 Å². The zero-order valence-electron chi connectivity index (χ0n) is 9.71. The number of pyridine rings is 1. The predicted octanol–water partition coefficient (Wildman–Crippen LogP) is 2.20. The molecule has 1 aromatic carbocycles. The number of piperidine rings is 1. The minimum absolute atomic E-state index is 0.117. The van der Waals surface area contributed by atoms with Crippen molar-refractivity contribution < 1.29 is 5.11 Å². The lowest BCUT2D eigenvalue weighted by molar-refractivity contribution is 0.145. The van der Waals surface area contributed by atoms with Gasteiger partial charge in [-0.1, -0.05) is 6.07 Å². The summed E-state index contributed by atoms with van der Waals surface area (Å²) in [6.07, 6.45) is 3.43. The third-order valence-corrected chi connectivity index (χ3v) is 3.42. The molecule has 0 aliphatic carbocycles. The minimum atomic E-state index is -0.117. The fourth-order valence-electron chi connectivity index (χ4n) is 2.38. The minimum Gasteiger partial charge on any atom is -0.393 e. The van der Waals surface area contributed by atoms with Gasteiger partial charge in [-0.05, 0) is 37.1 Å². The zero-order valence-corrected chi connectivity index (χ0v) is 9.71. The van der Waals surface area contributed by atoms with Crippen LogP contribution in [0.5, 0.6) is 0 Å². The average molecular weight is 228 g/mol. The molecule has 0 amide bonds. The van der Waals surface area contributed by atoms with Gasteiger partial charge in [0.05, 0.1) is 11.6 Å². The zero-order chi connectivity index (χ0) is 11.7. The van der Waals surface area contributed by atoms with E-state index in [2.05, 4.69) is 34.1 Å². The van der Waals surface area contributed by atoms with Crippen LogP contribution in [0.25, 0.3) is 10.9 Å². The van der Waals surface area contributed by atoms with Crippen LogP contribution in [0.2, 0.25) is 0 Å². The van der Waals surface area contributed by atoms with E-state index in [0.29, 0.717) is 0 Å². The Morgan fingerprint density at radius 1 is 1.18 bits per heavy atom. The summed E-state index contributed by atoms with van der Waals surface area (Å²) in [6, 6.07) is 10.4. The molecule has 1 aromatic heterocycles. The van der Waals surface area contributed by atoms with Crippen molar-refractivity contribution in [1.29, 1.82) is 0 Å². The van der Waals surface area contributed by atoms with Gasteiger partial charge in [-0.25, -0.2) is 0 Å². The number of anilines is 1. The second-order valence-electron chi connectivity index (χ2n) is 4.60. The molecule has 3 nitrogen and oxygen atoms in total. The standard InChI is InChI=1S/C14H16N2O/c17-13-5-8-16(9-6-13)12-3-4-14-11(10-12)2-1-7-15-14/h1-4,7,10,13,17H,5-6,8-9H2. The summed E-state index contributed by atoms with van der Waals surface area (Å²) in [5.74, 6) is 0. The van der Waals surface area contributed by atoms with Gasteiger partial charge >= 0.3 is 0 Å². The van der Waals surface area contributed by atoms with Gasteiger partial charge in [-0.3, -0.25) is 4.98 Å². The Hall–Kier alpha value is -1.61. The number of benzene rings is 1. The first kappa shape index (κ1) is 10.5. The fraction of sp³-hybridized carbons (Fsp3) is 0.357. The van der Waals surface area contributed by atoms with Gasteiger partial charge in [0.15, 0.2) is 0 Å². The molecular formula is C14H16N2O. The highest BCUT2D eigenvalue weighted by atomic mass is 16.3.